The van der Waals surface area contributed by atoms with Crippen molar-refractivity contribution in [1.82, 2.24) is 14.5 Å². The Kier molecular flexibility index (Phi) is 9.06. The second-order valence-corrected chi connectivity index (χ2v) is 10.3. The number of carbonyl (C=O) groups is 2. The van der Waals surface area contributed by atoms with Gasteiger partial charge >= 0.3 is 10.2 Å². The van der Waals surface area contributed by atoms with Crippen molar-refractivity contribution in [3.05, 3.63) is 59.2 Å². The number of nitrogens with zero attached hydrogens (tertiary/aromatic N) is 3. The molecule has 2 aromatic rings. The summed E-state index contributed by atoms with van der Waals surface area (Å²) >= 11 is 0. The van der Waals surface area contributed by atoms with Crippen LogP contribution in [0, 0.1) is 13.8 Å². The van der Waals surface area contributed by atoms with E-state index in [0.717, 1.165) is 19.7 Å². The first-order chi connectivity index (χ1) is 15.9. The number of nitrogens with one attached hydrogen (secondary N) is 1. The van der Waals surface area contributed by atoms with Crippen LogP contribution in [0.2, 0.25) is 0 Å². The summed E-state index contributed by atoms with van der Waals surface area (Å²) in [6.45, 7) is 4.93. The highest BCUT2D eigenvalue weighted by Crippen LogP contribution is 2.26. The molecule has 0 heterocycles. The number of carbonyl (C=O) groups excluding carboxylic acids is 2. The zero-order chi connectivity index (χ0) is 25.6. The molecule has 0 saturated heterocycles. The smallest absolute Gasteiger partial charge is 0.304 e. The van der Waals surface area contributed by atoms with E-state index in [1.165, 1.54) is 26.0 Å². The Bertz CT molecular complexity index is 1120. The minimum Gasteiger partial charge on any atom is -0.497 e. The van der Waals surface area contributed by atoms with E-state index in [1.807, 2.05) is 19.1 Å². The highest BCUT2D eigenvalue weighted by molar-refractivity contribution is 7.90. The summed E-state index contributed by atoms with van der Waals surface area (Å²) in [5.74, 6) is -0.187. The van der Waals surface area contributed by atoms with Crippen LogP contribution in [-0.4, -0.2) is 70.3 Å². The zero-order valence-electron chi connectivity index (χ0n) is 20.8. The Morgan fingerprint density at radius 1 is 1.06 bits per heavy atom. The molecular weight excluding hydrogens is 456 g/mol. The summed E-state index contributed by atoms with van der Waals surface area (Å²) < 4.78 is 33.8. The standard InChI is InChI=1S/C24H34N4O5S/c1-17-8-9-18(2)22(14-17)28(34(31,32)26(5)6)16-23(29)27(19(3)24(30)25-4)15-20-10-12-21(33-7)13-11-20/h8-14,19H,15-16H2,1-7H3,(H,25,30)/t19-/m1/s1. The maximum Gasteiger partial charge on any atom is 0.304 e. The van der Waals surface area contributed by atoms with Crippen LogP contribution < -0.4 is 14.4 Å². The van der Waals surface area contributed by atoms with Crippen molar-refractivity contribution in [3.8, 4) is 5.75 Å². The fourth-order valence-corrected chi connectivity index (χ4v) is 4.52. The summed E-state index contributed by atoms with van der Waals surface area (Å²) in [4.78, 5) is 27.4. The van der Waals surface area contributed by atoms with E-state index in [2.05, 4.69) is 5.32 Å². The Morgan fingerprint density at radius 3 is 2.21 bits per heavy atom. The molecule has 0 radical (unpaired) electrons. The van der Waals surface area contributed by atoms with Crippen molar-refractivity contribution >= 4 is 27.7 Å². The lowest BCUT2D eigenvalue weighted by molar-refractivity contribution is -0.139. The average Bonchev–Trinajstić information content (AvgIpc) is 2.81. The first kappa shape index (κ1) is 27.1. The maximum absolute atomic E-state index is 13.6. The monoisotopic (exact) mass is 490 g/mol. The molecule has 2 amide bonds. The predicted octanol–water partition coefficient (Wildman–Crippen LogP) is 2.09. The van der Waals surface area contributed by atoms with Gasteiger partial charge in [-0.1, -0.05) is 24.3 Å². The molecule has 1 N–H and O–H groups in total. The fourth-order valence-electron chi connectivity index (χ4n) is 3.41. The summed E-state index contributed by atoms with van der Waals surface area (Å²) in [6, 6.07) is 11.7. The van der Waals surface area contributed by atoms with Crippen molar-refractivity contribution in [2.45, 2.75) is 33.4 Å². The molecule has 0 bridgehead atoms. The number of methoxy groups -OCH3 is 1. The van der Waals surface area contributed by atoms with Crippen LogP contribution in [0.5, 0.6) is 5.75 Å². The lowest BCUT2D eigenvalue weighted by atomic mass is 10.1. The minimum absolute atomic E-state index is 0.125. The first-order valence-corrected chi connectivity index (χ1v) is 12.2. The number of hydrogen-bond donors (Lipinski definition) is 1. The van der Waals surface area contributed by atoms with Gasteiger partial charge in [-0.05, 0) is 55.7 Å². The van der Waals surface area contributed by atoms with Gasteiger partial charge in [0.25, 0.3) is 0 Å². The topological polar surface area (TPSA) is 99.3 Å². The summed E-state index contributed by atoms with van der Waals surface area (Å²) in [6.07, 6.45) is 0. The van der Waals surface area contributed by atoms with E-state index >= 15 is 0 Å². The van der Waals surface area contributed by atoms with Gasteiger partial charge in [-0.25, -0.2) is 4.31 Å². The van der Waals surface area contributed by atoms with E-state index < -0.39 is 28.7 Å². The molecule has 34 heavy (non-hydrogen) atoms. The van der Waals surface area contributed by atoms with Gasteiger partial charge in [0.15, 0.2) is 0 Å². The molecule has 0 spiro atoms. The molecule has 0 aromatic heterocycles. The van der Waals surface area contributed by atoms with Crippen molar-refractivity contribution in [2.24, 2.45) is 0 Å². The van der Waals surface area contributed by atoms with Crippen molar-refractivity contribution in [1.29, 1.82) is 0 Å². The average molecular weight is 491 g/mol. The second-order valence-electron chi connectivity index (χ2n) is 8.25. The molecule has 0 aliphatic heterocycles. The van der Waals surface area contributed by atoms with Crippen LogP contribution in [0.15, 0.2) is 42.5 Å². The van der Waals surface area contributed by atoms with Gasteiger partial charge < -0.3 is 15.0 Å². The fraction of sp³-hybridized carbons (Fsp3) is 0.417. The molecule has 2 rings (SSSR count). The van der Waals surface area contributed by atoms with E-state index in [4.69, 9.17) is 4.74 Å². The number of aryl methyl sites for hydroxylation is 2. The first-order valence-electron chi connectivity index (χ1n) is 10.8. The third kappa shape index (κ3) is 6.27. The summed E-state index contributed by atoms with van der Waals surface area (Å²) in [7, 11) is 1.90. The number of rotatable bonds is 10. The quantitative estimate of drug-likeness (QED) is 0.550. The third-order valence-electron chi connectivity index (χ3n) is 5.58. The van der Waals surface area contributed by atoms with Gasteiger partial charge in [-0.15, -0.1) is 0 Å². The summed E-state index contributed by atoms with van der Waals surface area (Å²) in [5.41, 5.74) is 2.77. The predicted molar refractivity (Wildman–Crippen MR) is 133 cm³/mol. The lowest BCUT2D eigenvalue weighted by Crippen LogP contribution is -2.52. The summed E-state index contributed by atoms with van der Waals surface area (Å²) in [5, 5.41) is 2.56. The molecule has 2 aromatic carbocycles. The molecule has 10 heteroatoms. The van der Waals surface area contributed by atoms with Gasteiger partial charge in [0.1, 0.15) is 18.3 Å². The normalized spacial score (nSPS) is 12.2. The molecule has 9 nitrogen and oxygen atoms in total. The Morgan fingerprint density at radius 2 is 1.68 bits per heavy atom. The van der Waals surface area contributed by atoms with Gasteiger partial charge in [-0.3, -0.25) is 9.59 Å². The van der Waals surface area contributed by atoms with Crippen LogP contribution in [-0.2, 0) is 26.3 Å². The van der Waals surface area contributed by atoms with E-state index in [0.29, 0.717) is 17.0 Å². The van der Waals surface area contributed by atoms with Crippen LogP contribution in [0.3, 0.4) is 0 Å². The molecule has 0 fully saturated rings. The third-order valence-corrected chi connectivity index (χ3v) is 7.38. The second kappa shape index (κ2) is 11.3. The van der Waals surface area contributed by atoms with Gasteiger partial charge in [-0.2, -0.15) is 12.7 Å². The molecular formula is C24H34N4O5S. The number of likely N-dealkylation sites (N-methyl/N-ethyl adjacent to an activating group) is 1. The van der Waals surface area contributed by atoms with Crippen LogP contribution in [0.1, 0.15) is 23.6 Å². The molecule has 0 saturated carbocycles. The van der Waals surface area contributed by atoms with Gasteiger partial charge in [0, 0.05) is 27.7 Å². The van der Waals surface area contributed by atoms with Crippen molar-refractivity contribution in [3.63, 3.8) is 0 Å². The van der Waals surface area contributed by atoms with Crippen molar-refractivity contribution < 1.29 is 22.7 Å². The van der Waals surface area contributed by atoms with Gasteiger partial charge in [0.2, 0.25) is 11.8 Å². The number of benzene rings is 2. The Labute approximate surface area is 202 Å². The highest BCUT2D eigenvalue weighted by Gasteiger charge is 2.33. The number of anilines is 1. The van der Waals surface area contributed by atoms with E-state index in [-0.39, 0.29) is 12.5 Å². The number of amides is 2. The molecule has 0 aliphatic rings. The lowest BCUT2D eigenvalue weighted by Gasteiger charge is -2.33. The highest BCUT2D eigenvalue weighted by atomic mass is 32.2. The Balaban J connectivity index is 2.48. The minimum atomic E-state index is -3.99. The van der Waals surface area contributed by atoms with E-state index in [9.17, 15) is 18.0 Å². The number of ether oxygens (including phenoxy) is 1. The number of hydrogen-bond acceptors (Lipinski definition) is 5. The molecule has 0 unspecified atom stereocenters. The zero-order valence-corrected chi connectivity index (χ0v) is 21.6. The SMILES string of the molecule is CNC(=O)[C@@H](C)N(Cc1ccc(OC)cc1)C(=O)CN(c1cc(C)ccc1C)S(=O)(=O)N(C)C. The molecule has 1 atom stereocenters. The maximum atomic E-state index is 13.6. The molecule has 186 valence electrons. The largest absolute Gasteiger partial charge is 0.497 e. The van der Waals surface area contributed by atoms with E-state index in [1.54, 1.807) is 51.3 Å². The van der Waals surface area contributed by atoms with Crippen molar-refractivity contribution in [2.75, 3.05) is 39.1 Å². The van der Waals surface area contributed by atoms with Crippen LogP contribution >= 0.6 is 0 Å². The molecule has 0 aliphatic carbocycles. The Hall–Kier alpha value is -3.11. The van der Waals surface area contributed by atoms with Crippen LogP contribution in [0.4, 0.5) is 5.69 Å². The van der Waals surface area contributed by atoms with Gasteiger partial charge in [0.05, 0.1) is 12.8 Å². The van der Waals surface area contributed by atoms with Crippen LogP contribution in [0.25, 0.3) is 0 Å².